The van der Waals surface area contributed by atoms with Gasteiger partial charge in [0.15, 0.2) is 0 Å². The van der Waals surface area contributed by atoms with Gasteiger partial charge in [0.25, 0.3) is 0 Å². The molecule has 0 N–H and O–H groups in total. The summed E-state index contributed by atoms with van der Waals surface area (Å²) in [5.41, 5.74) is 0.911. The fourth-order valence-electron chi connectivity index (χ4n) is 1.17. The second-order valence-corrected chi connectivity index (χ2v) is 19.5. The van der Waals surface area contributed by atoms with Gasteiger partial charge in [-0.1, -0.05) is 0 Å². The first-order valence-corrected chi connectivity index (χ1v) is 14.7. The minimum absolute atomic E-state index is 0.597. The molecule has 0 atom stereocenters. The molecule has 0 unspecified atom stereocenters. The van der Waals surface area contributed by atoms with Crippen molar-refractivity contribution in [3.63, 3.8) is 0 Å². The molecule has 0 aliphatic rings. The number of rotatable bonds is 3. The standard InChI is InChI=1S/C10H10Cl4Te/c1-2-9(15(12,13)14)10(11)8-6-4-3-5-7-8/h3-7H,2H2,1H3/b10-9+. The normalized spacial score (nSPS) is 14.7. The molecule has 84 valence electrons. The van der Waals surface area contributed by atoms with E-state index >= 15 is 0 Å². The molecule has 0 fully saturated rings. The van der Waals surface area contributed by atoms with Gasteiger partial charge in [-0.2, -0.15) is 0 Å². The molecule has 0 bridgehead atoms. The average molecular weight is 400 g/mol. The van der Waals surface area contributed by atoms with Crippen molar-refractivity contribution in [3.8, 4) is 0 Å². The van der Waals surface area contributed by atoms with Crippen molar-refractivity contribution in [3.05, 3.63) is 39.5 Å². The Kier molecular flexibility index (Phi) is 5.60. The van der Waals surface area contributed by atoms with Crippen molar-refractivity contribution in [1.29, 1.82) is 0 Å². The Bertz CT molecular complexity index is 353. The Labute approximate surface area is 110 Å². The summed E-state index contributed by atoms with van der Waals surface area (Å²) in [6.07, 6.45) is 0.686. The van der Waals surface area contributed by atoms with Crippen LogP contribution in [0.15, 0.2) is 34.0 Å². The molecule has 0 aliphatic heterocycles. The van der Waals surface area contributed by atoms with Crippen LogP contribution in [0, 0.1) is 0 Å². The molecule has 0 radical (unpaired) electrons. The van der Waals surface area contributed by atoms with E-state index in [1.165, 1.54) is 0 Å². The van der Waals surface area contributed by atoms with Crippen LogP contribution in [0.5, 0.6) is 0 Å². The molecule has 15 heavy (non-hydrogen) atoms. The molecule has 0 aliphatic carbocycles. The first-order valence-electron chi connectivity index (χ1n) is 4.33. The third-order valence-electron chi connectivity index (χ3n) is 1.87. The van der Waals surface area contributed by atoms with E-state index in [4.69, 9.17) is 38.5 Å². The van der Waals surface area contributed by atoms with Crippen LogP contribution >= 0.6 is 38.5 Å². The van der Waals surface area contributed by atoms with Gasteiger partial charge in [-0.25, -0.2) is 0 Å². The van der Waals surface area contributed by atoms with Crippen molar-refractivity contribution in [2.24, 2.45) is 0 Å². The third kappa shape index (κ3) is 4.00. The van der Waals surface area contributed by atoms with E-state index < -0.39 is 14.8 Å². The zero-order valence-corrected chi connectivity index (χ0v) is 13.4. The number of halogens is 4. The number of benzene rings is 1. The van der Waals surface area contributed by atoms with Crippen LogP contribution in [0.2, 0.25) is 0 Å². The molecule has 1 rings (SSSR count). The summed E-state index contributed by atoms with van der Waals surface area (Å²) in [6.45, 7) is 1.95. The van der Waals surface area contributed by atoms with Crippen LogP contribution in [0.3, 0.4) is 0 Å². The van der Waals surface area contributed by atoms with Gasteiger partial charge in [-0.05, 0) is 0 Å². The van der Waals surface area contributed by atoms with Crippen molar-refractivity contribution in [2.75, 3.05) is 0 Å². The monoisotopic (exact) mass is 400 g/mol. The van der Waals surface area contributed by atoms with E-state index in [1.807, 2.05) is 37.3 Å². The molecule has 0 nitrogen and oxygen atoms in total. The van der Waals surface area contributed by atoms with Gasteiger partial charge in [0.05, 0.1) is 0 Å². The van der Waals surface area contributed by atoms with Crippen molar-refractivity contribution >= 4 is 58.3 Å². The molecule has 5 heteroatoms. The van der Waals surface area contributed by atoms with Gasteiger partial charge in [0.1, 0.15) is 0 Å². The Morgan fingerprint density at radius 1 is 1.13 bits per heavy atom. The summed E-state index contributed by atoms with van der Waals surface area (Å²) in [5.74, 6) is 0. The molecule has 0 saturated heterocycles. The Morgan fingerprint density at radius 3 is 2.07 bits per heavy atom. The van der Waals surface area contributed by atoms with Crippen LogP contribution in [0.25, 0.3) is 5.03 Å². The summed E-state index contributed by atoms with van der Waals surface area (Å²) in [7, 11) is 18.1. The van der Waals surface area contributed by atoms with E-state index in [-0.39, 0.29) is 0 Å². The molecule has 1 aromatic carbocycles. The van der Waals surface area contributed by atoms with Crippen LogP contribution in [-0.2, 0) is 0 Å². The fourth-order valence-corrected chi connectivity index (χ4v) is 8.60. The molecule has 1 aromatic rings. The molecular weight excluding hydrogens is 390 g/mol. The van der Waals surface area contributed by atoms with Gasteiger partial charge >= 0.3 is 111 Å². The van der Waals surface area contributed by atoms with Gasteiger partial charge < -0.3 is 0 Å². The van der Waals surface area contributed by atoms with E-state index in [1.54, 1.807) is 0 Å². The maximum atomic E-state index is 6.23. The summed E-state index contributed by atoms with van der Waals surface area (Å²) in [5, 5.41) is 0.597. The average Bonchev–Trinajstić information content (AvgIpc) is 2.18. The van der Waals surface area contributed by atoms with Crippen molar-refractivity contribution < 1.29 is 0 Å². The Hall–Kier alpha value is 0.910. The minimum atomic E-state index is -3.39. The summed E-state index contributed by atoms with van der Waals surface area (Å²) in [6, 6.07) is 9.58. The van der Waals surface area contributed by atoms with Gasteiger partial charge in [0, 0.05) is 0 Å². The predicted octanol–water partition coefficient (Wildman–Crippen LogP) is 5.24. The van der Waals surface area contributed by atoms with Crippen LogP contribution in [-0.4, -0.2) is 14.8 Å². The fraction of sp³-hybridized carbons (Fsp3) is 0.200. The predicted molar refractivity (Wildman–Crippen MR) is 72.8 cm³/mol. The van der Waals surface area contributed by atoms with Crippen molar-refractivity contribution in [2.45, 2.75) is 13.3 Å². The summed E-state index contributed by atoms with van der Waals surface area (Å²) >= 11 is 2.84. The van der Waals surface area contributed by atoms with Gasteiger partial charge in [-0.15, -0.1) is 0 Å². The Balaban J connectivity index is 3.19. The third-order valence-corrected chi connectivity index (χ3v) is 9.42. The Morgan fingerprint density at radius 2 is 1.67 bits per heavy atom. The topological polar surface area (TPSA) is 0 Å². The van der Waals surface area contributed by atoms with Crippen LogP contribution < -0.4 is 0 Å². The number of hydrogen-bond acceptors (Lipinski definition) is 0. The maximum absolute atomic E-state index is 6.23. The van der Waals surface area contributed by atoms with Crippen LogP contribution in [0.4, 0.5) is 0 Å². The molecule has 0 spiro atoms. The second-order valence-electron chi connectivity index (χ2n) is 2.86. The van der Waals surface area contributed by atoms with Gasteiger partial charge in [-0.3, -0.25) is 0 Å². The second kappa shape index (κ2) is 6.01. The summed E-state index contributed by atoms with van der Waals surface area (Å²) < 4.78 is 0.801. The molecule has 0 amide bonds. The van der Waals surface area contributed by atoms with Gasteiger partial charge in [0.2, 0.25) is 0 Å². The SMILES string of the molecule is CC/C(=C(\Cl)c1ccccc1)[Te](Cl)(Cl)Cl. The number of allylic oxidation sites excluding steroid dienone is 1. The van der Waals surface area contributed by atoms with Crippen LogP contribution in [0.1, 0.15) is 18.9 Å². The molecule has 0 saturated carbocycles. The van der Waals surface area contributed by atoms with E-state index in [2.05, 4.69) is 0 Å². The molecule has 0 aromatic heterocycles. The molecule has 0 heterocycles. The van der Waals surface area contributed by atoms with E-state index in [9.17, 15) is 0 Å². The van der Waals surface area contributed by atoms with E-state index in [0.717, 1.165) is 9.18 Å². The quantitative estimate of drug-likeness (QED) is 0.610. The zero-order valence-electron chi connectivity index (χ0n) is 8.01. The number of hydrogen-bond donors (Lipinski definition) is 0. The summed E-state index contributed by atoms with van der Waals surface area (Å²) in [4.78, 5) is 0. The van der Waals surface area contributed by atoms with E-state index in [0.29, 0.717) is 11.5 Å². The first kappa shape index (κ1) is 14.0. The molecular formula is C10H10Cl4Te. The zero-order chi connectivity index (χ0) is 11.5. The van der Waals surface area contributed by atoms with Crippen molar-refractivity contribution in [1.82, 2.24) is 0 Å². The first-order chi connectivity index (χ1) is 6.96.